The van der Waals surface area contributed by atoms with Crippen molar-refractivity contribution in [3.05, 3.63) is 261 Å². The van der Waals surface area contributed by atoms with E-state index in [0.717, 1.165) is 41.6 Å². The molecule has 0 fully saturated rings. The van der Waals surface area contributed by atoms with Crippen LogP contribution in [-0.2, 0) is 71.9 Å². The van der Waals surface area contributed by atoms with Gasteiger partial charge in [0.05, 0.1) is 45.1 Å². The highest BCUT2D eigenvalue weighted by atomic mass is 35.5. The SMILES string of the molecule is COc1cc(P(C)(C)=O)ccc1Nc1nc(Nc2ccccc2S(=O)(=O)C(C)C)c2cccnc2n1.CP(C)(=O)c1ccc(Nc2ncc(C(F)(F)F)c(N3CCc4c(Cl)cc(Cl)cc4C3)n2)cc1.CP(C)(=O)c1ccc(Nc2ncc(C(F)(F)F)c(Nc3cccc(C(F)(F)F)c3)n2)cc1.Cc1ccc(Nc2nc(Nc3ccc(P(C)(C)=O)cc3)ncc2C(F)(F)F)cc1C(F)(F)F. The van der Waals surface area contributed by atoms with Crippen LogP contribution in [0.3, 0.4) is 0 Å². The van der Waals surface area contributed by atoms with Gasteiger partial charge in [0.1, 0.15) is 74.3 Å². The van der Waals surface area contributed by atoms with Gasteiger partial charge < -0.3 is 65.1 Å². The molecule has 0 radical (unpaired) electrons. The van der Waals surface area contributed by atoms with Crippen LogP contribution >= 0.6 is 51.8 Å². The predicted octanol–water partition coefficient (Wildman–Crippen LogP) is 24.1. The van der Waals surface area contributed by atoms with Crippen molar-refractivity contribution in [1.29, 1.82) is 0 Å². The molecule has 6 heterocycles. The van der Waals surface area contributed by atoms with Crippen LogP contribution in [0.1, 0.15) is 58.4 Å². The van der Waals surface area contributed by atoms with Crippen LogP contribution in [0.2, 0.25) is 10.0 Å². The largest absolute Gasteiger partial charge is 0.495 e. The van der Waals surface area contributed by atoms with Crippen molar-refractivity contribution < 1.29 is 97.3 Å². The van der Waals surface area contributed by atoms with Gasteiger partial charge in [0.25, 0.3) is 0 Å². The monoisotopic (exact) mass is 2000 g/mol. The molecule has 24 nitrogen and oxygen atoms in total. The third kappa shape index (κ3) is 26.8. The Hall–Kier alpha value is -11.9. The maximum absolute atomic E-state index is 13.7. The lowest BCUT2D eigenvalue weighted by atomic mass is 9.99. The van der Waals surface area contributed by atoms with Crippen LogP contribution in [-0.4, -0.2) is 125 Å². The summed E-state index contributed by atoms with van der Waals surface area (Å²) in [4.78, 5) is 38.3. The molecule has 1 aliphatic heterocycles. The van der Waals surface area contributed by atoms with Gasteiger partial charge in [-0.2, -0.15) is 90.8 Å². The first kappa shape index (κ1) is 103. The van der Waals surface area contributed by atoms with E-state index in [0.29, 0.717) is 114 Å². The number of anilines is 15. The summed E-state index contributed by atoms with van der Waals surface area (Å²) in [5, 5.41) is 22.9. The topological polar surface area (TPSA) is 315 Å². The van der Waals surface area contributed by atoms with Crippen LogP contribution in [0.4, 0.5) is 153 Å². The summed E-state index contributed by atoms with van der Waals surface area (Å²) in [7, 11) is -11.9. The smallest absolute Gasteiger partial charge is 0.421 e. The van der Waals surface area contributed by atoms with Gasteiger partial charge in [-0.3, -0.25) is 0 Å². The van der Waals surface area contributed by atoms with Crippen LogP contribution in [0.25, 0.3) is 11.0 Å². The number of pyridine rings is 1. The fraction of sp³-hybridized carbons (Fsp3) is 0.239. The van der Waals surface area contributed by atoms with Crippen molar-refractivity contribution in [2.45, 2.75) is 74.8 Å². The zero-order valence-corrected chi connectivity index (χ0v) is 78.7. The molecule has 134 heavy (non-hydrogen) atoms. The third-order valence-electron chi connectivity index (χ3n) is 19.9. The standard InChI is InChI=1S/C25H28N5O4PS.C22H20Cl2F3N4OP.C21H19F6N4OP.C20H17F6N4OP/c1-16(2)36(32,33)22-11-7-6-10-20(22)27-24-18-9-8-14-26-23(18)29-25(30-24)28-19-13-12-17(35(4,5)31)15-21(19)34-3;1-33(2,32)16-5-3-15(4-6-16)29-21-28-11-18(22(25,26)27)20(30-21)31-8-7-17-13(12-31)9-14(23)10-19(17)24;1-12-4-5-14(10-16(12)20(22,23)24)29-18-17(21(25,26)27)11-28-19(31-18)30-13-6-8-15(9-7-13)33(2,3)32;1-32(2,31)15-8-6-13(7-9-15)29-18-27-11-16(20(24,25)26)17(30-18)28-14-5-3-4-12(10-14)19(21,22)23/h6-16H,1-5H3,(H2,26,27,28,29,30);3-6,9-11H,7-8,12H2,1-2H3,(H,28,29,30);4-11H,1-3H3,(H2,28,29,30,31);3-11H,1-2H3,(H2,27,28,29,30). The number of methoxy groups -OCH3 is 1. The number of nitrogens with zero attached hydrogens (tertiary/aromatic N) is 10. The summed E-state index contributed by atoms with van der Waals surface area (Å²) in [6, 6.07) is 45.2. The Balaban J connectivity index is 0.000000172. The molecule has 0 unspecified atom stereocenters. The number of para-hydroxylation sites is 1. The molecule has 7 N–H and O–H groups in total. The minimum Gasteiger partial charge on any atom is -0.495 e. The summed E-state index contributed by atoms with van der Waals surface area (Å²) in [6.45, 7) is 18.2. The van der Waals surface area contributed by atoms with Crippen molar-refractivity contribution in [2.24, 2.45) is 0 Å². The summed E-state index contributed by atoms with van der Waals surface area (Å²) in [5.74, 6) is -0.919. The van der Waals surface area contributed by atoms with Gasteiger partial charge in [-0.1, -0.05) is 47.5 Å². The van der Waals surface area contributed by atoms with E-state index >= 15 is 0 Å². The second kappa shape index (κ2) is 40.7. The van der Waals surface area contributed by atoms with E-state index in [1.165, 1.54) is 26.2 Å². The Bertz CT molecular complexity index is 6810. The third-order valence-corrected chi connectivity index (χ3v) is 28.8. The van der Waals surface area contributed by atoms with Crippen molar-refractivity contribution in [3.8, 4) is 5.75 Å². The first-order valence-electron chi connectivity index (χ1n) is 39.7. The molecular weight excluding hydrogens is 1920 g/mol. The molecule has 0 amide bonds. The number of rotatable bonds is 22. The van der Waals surface area contributed by atoms with Gasteiger partial charge in [0.15, 0.2) is 15.5 Å². The second-order valence-corrected chi connectivity index (χ2v) is 48.0. The Morgan fingerprint density at radius 3 is 1.37 bits per heavy atom. The number of alkyl halides is 15. The Morgan fingerprint density at radius 2 is 0.888 bits per heavy atom. The zero-order valence-electron chi connectivity index (χ0n) is 72.8. The maximum Gasteiger partial charge on any atom is 0.421 e. The Kier molecular flexibility index (Phi) is 31.2. The lowest BCUT2D eigenvalue weighted by Crippen LogP contribution is -2.33. The van der Waals surface area contributed by atoms with Crippen LogP contribution < -0.4 is 68.1 Å². The Labute approximate surface area is 769 Å². The zero-order chi connectivity index (χ0) is 98.4. The minimum absolute atomic E-state index is 0.0249. The molecule has 13 aromatic rings. The highest BCUT2D eigenvalue weighted by Crippen LogP contribution is 2.46. The average molecular weight is 2000 g/mol. The van der Waals surface area contributed by atoms with E-state index in [-0.39, 0.29) is 58.0 Å². The average Bonchev–Trinajstić information content (AvgIpc) is 0.773. The van der Waals surface area contributed by atoms with Gasteiger partial charge in [-0.05, 0) is 255 Å². The van der Waals surface area contributed by atoms with Gasteiger partial charge >= 0.3 is 30.9 Å². The molecule has 0 atom stereocenters. The molecule has 0 bridgehead atoms. The van der Waals surface area contributed by atoms with E-state index in [4.69, 9.17) is 27.9 Å². The van der Waals surface area contributed by atoms with Crippen molar-refractivity contribution in [2.75, 3.05) is 109 Å². The molecule has 708 valence electrons. The Morgan fingerprint density at radius 1 is 0.425 bits per heavy atom. The summed E-state index contributed by atoms with van der Waals surface area (Å²) in [5.41, 5.74) is -1.43. The first-order chi connectivity index (χ1) is 62.3. The maximum atomic E-state index is 13.7. The van der Waals surface area contributed by atoms with E-state index in [2.05, 4.69) is 82.1 Å². The second-order valence-electron chi connectivity index (χ2n) is 31.8. The number of benzene rings is 8. The fourth-order valence-electron chi connectivity index (χ4n) is 12.9. The normalized spacial score (nSPS) is 12.8. The molecule has 46 heteroatoms. The summed E-state index contributed by atoms with van der Waals surface area (Å²) < 4.78 is 280. The van der Waals surface area contributed by atoms with Crippen molar-refractivity contribution >= 4 is 181 Å². The number of aromatic nitrogens is 9. The van der Waals surface area contributed by atoms with Crippen LogP contribution in [0, 0.1) is 6.92 Å². The van der Waals surface area contributed by atoms with Gasteiger partial charge in [0, 0.05) is 97.6 Å². The van der Waals surface area contributed by atoms with E-state index < -0.39 is 114 Å². The summed E-state index contributed by atoms with van der Waals surface area (Å²) >= 11 is 12.4. The number of ether oxygens (including phenoxy) is 1. The number of aryl methyl sites for hydroxylation is 1. The summed E-state index contributed by atoms with van der Waals surface area (Å²) in [6.07, 6.45) is -19.7. The predicted molar refractivity (Wildman–Crippen MR) is 498 cm³/mol. The first-order valence-corrected chi connectivity index (χ1v) is 52.5. The molecule has 0 spiro atoms. The molecule has 0 saturated carbocycles. The number of nitrogens with one attached hydrogen (secondary N) is 7. The van der Waals surface area contributed by atoms with Crippen molar-refractivity contribution in [1.82, 2.24) is 44.9 Å². The molecule has 8 aromatic carbocycles. The molecule has 5 aromatic heterocycles. The number of sulfone groups is 1. The molecular formula is C88H84Cl2F15N17O7P4S. The number of fused-ring (bicyclic) bond motifs is 2. The molecule has 0 saturated heterocycles. The van der Waals surface area contributed by atoms with E-state index in [9.17, 15) is 92.5 Å². The quantitative estimate of drug-likeness (QED) is 0.0245. The molecule has 14 rings (SSSR count). The van der Waals surface area contributed by atoms with Crippen LogP contribution in [0.15, 0.2) is 212 Å². The number of hydrogen-bond acceptors (Lipinski definition) is 24. The molecule has 0 aliphatic carbocycles. The fourth-order valence-corrected chi connectivity index (χ4v) is 18.2. The highest BCUT2D eigenvalue weighted by molar-refractivity contribution is 7.92. The van der Waals surface area contributed by atoms with Crippen molar-refractivity contribution in [3.63, 3.8) is 0 Å². The van der Waals surface area contributed by atoms with Gasteiger partial charge in [0.2, 0.25) is 23.8 Å². The van der Waals surface area contributed by atoms with E-state index in [1.807, 2.05) is 6.07 Å². The lowest BCUT2D eigenvalue weighted by molar-refractivity contribution is -0.138. The van der Waals surface area contributed by atoms with Crippen LogP contribution in [0.5, 0.6) is 5.75 Å². The lowest BCUT2D eigenvalue weighted by Gasteiger charge is -2.32. The number of hydrogen-bond donors (Lipinski definition) is 7. The highest BCUT2D eigenvalue weighted by Gasteiger charge is 2.41. The number of halogens is 17. The van der Waals surface area contributed by atoms with Gasteiger partial charge in [-0.25, -0.2) is 28.4 Å². The van der Waals surface area contributed by atoms with E-state index in [1.54, 1.807) is 212 Å². The van der Waals surface area contributed by atoms with Gasteiger partial charge in [-0.15, -0.1) is 0 Å². The molecule has 1 aliphatic rings. The minimum atomic E-state index is -4.84.